The average Bonchev–Trinajstić information content (AvgIpc) is 3.50. The summed E-state index contributed by atoms with van der Waals surface area (Å²) in [6, 6.07) is 16.8. The molecule has 2 heterocycles. The van der Waals surface area contributed by atoms with Crippen molar-refractivity contribution in [3.05, 3.63) is 110 Å². The number of nitrogens with one attached hydrogen (secondary N) is 1. The van der Waals surface area contributed by atoms with Gasteiger partial charge >= 0.3 is 11.7 Å². The van der Waals surface area contributed by atoms with Gasteiger partial charge in [0, 0.05) is 5.56 Å². The topological polar surface area (TPSA) is 162 Å². The zero-order valence-electron chi connectivity index (χ0n) is 21.4. The molecule has 0 unspecified atom stereocenters. The largest absolute Gasteiger partial charge is 0.486 e. The number of carboxylic acid groups (broad SMARTS) is 1. The van der Waals surface area contributed by atoms with Crippen molar-refractivity contribution in [3.8, 4) is 5.75 Å². The highest BCUT2D eigenvalue weighted by Crippen LogP contribution is 2.23. The van der Waals surface area contributed by atoms with Gasteiger partial charge in [0.1, 0.15) is 29.5 Å². The number of nitrogens with zero attached hydrogens (tertiary/aromatic N) is 4. The van der Waals surface area contributed by atoms with Crippen LogP contribution in [0.25, 0.3) is 0 Å². The Morgan fingerprint density at radius 1 is 1.13 bits per heavy atom. The van der Waals surface area contributed by atoms with Crippen LogP contribution in [0.5, 0.6) is 5.75 Å². The van der Waals surface area contributed by atoms with E-state index in [2.05, 4.69) is 15.6 Å². The van der Waals surface area contributed by atoms with Gasteiger partial charge in [-0.05, 0) is 74.4 Å². The van der Waals surface area contributed by atoms with Gasteiger partial charge in [-0.1, -0.05) is 18.2 Å². The summed E-state index contributed by atoms with van der Waals surface area (Å²) in [5.74, 6) is -0.808. The molecule has 39 heavy (non-hydrogen) atoms. The highest BCUT2D eigenvalue weighted by Gasteiger charge is 2.22. The van der Waals surface area contributed by atoms with Crippen LogP contribution in [0, 0.1) is 24.0 Å². The third-order valence-electron chi connectivity index (χ3n) is 5.96. The molecule has 0 saturated heterocycles. The fraction of sp³-hybridized carbons (Fsp3) is 0.185. The second-order valence-corrected chi connectivity index (χ2v) is 8.61. The fourth-order valence-electron chi connectivity index (χ4n) is 3.92. The van der Waals surface area contributed by atoms with Crippen molar-refractivity contribution >= 4 is 23.3 Å². The zero-order valence-corrected chi connectivity index (χ0v) is 21.4. The lowest BCUT2D eigenvalue weighted by atomic mass is 10.1. The monoisotopic (exact) mass is 531 g/mol. The minimum Gasteiger partial charge on any atom is -0.486 e. The van der Waals surface area contributed by atoms with Crippen LogP contribution in [0.3, 0.4) is 0 Å². The molecule has 0 atom stereocenters. The normalized spacial score (nSPS) is 11.3. The maximum absolute atomic E-state index is 13.0. The summed E-state index contributed by atoms with van der Waals surface area (Å²) < 4.78 is 12.3. The van der Waals surface area contributed by atoms with Gasteiger partial charge < -0.3 is 14.3 Å². The number of carbonyl (C=O) groups is 2. The summed E-state index contributed by atoms with van der Waals surface area (Å²) in [6.07, 6.45) is 0. The Hall–Kier alpha value is -5.26. The molecular weight excluding hydrogens is 506 g/mol. The lowest BCUT2D eigenvalue weighted by Crippen LogP contribution is -2.21. The quantitative estimate of drug-likeness (QED) is 0.172. The molecular formula is C27H25N5O7. The Kier molecular flexibility index (Phi) is 7.85. The number of hydrazone groups is 1. The van der Waals surface area contributed by atoms with Crippen LogP contribution in [0.4, 0.5) is 5.69 Å². The molecule has 0 fully saturated rings. The molecule has 1 amide bonds. The van der Waals surface area contributed by atoms with Crippen molar-refractivity contribution in [2.45, 2.75) is 33.9 Å². The first-order valence-corrected chi connectivity index (χ1v) is 11.8. The smallest absolute Gasteiger partial charge is 0.371 e. The molecule has 4 rings (SSSR count). The number of hydrogen-bond donors (Lipinski definition) is 2. The molecule has 12 nitrogen and oxygen atoms in total. The number of aromatic carboxylic acids is 1. The molecule has 2 aromatic carbocycles. The number of amides is 1. The minimum atomic E-state index is -1.15. The number of nitro groups is 1. The van der Waals surface area contributed by atoms with E-state index in [1.807, 2.05) is 0 Å². The number of aromatic nitrogens is 2. The fourth-order valence-corrected chi connectivity index (χ4v) is 3.92. The van der Waals surface area contributed by atoms with Crippen molar-refractivity contribution in [2.75, 3.05) is 0 Å². The van der Waals surface area contributed by atoms with Gasteiger partial charge in [0.15, 0.2) is 0 Å². The minimum absolute atomic E-state index is 0.0399. The Morgan fingerprint density at radius 3 is 2.49 bits per heavy atom. The molecule has 200 valence electrons. The number of furan rings is 1. The Morgan fingerprint density at radius 2 is 1.85 bits per heavy atom. The standard InChI is InChI=1S/C27H25N5O7/c1-16(19-8-10-21(11-9-19)38-15-22-12-13-24(39-22)27(34)35)28-29-26(33)23-7-5-4-6-20(23)14-31-18(3)25(32(36)37)17(2)30-31/h4-13H,14-15H2,1-3H3,(H,29,33)(H,34,35). The maximum Gasteiger partial charge on any atom is 0.371 e. The second kappa shape index (κ2) is 11.4. The molecule has 0 aliphatic heterocycles. The van der Waals surface area contributed by atoms with Gasteiger partial charge in [-0.25, -0.2) is 10.2 Å². The van der Waals surface area contributed by atoms with Crippen LogP contribution in [0.15, 0.2) is 70.2 Å². The van der Waals surface area contributed by atoms with Gasteiger partial charge in [0.05, 0.1) is 17.2 Å². The molecule has 4 aromatic rings. The summed E-state index contributed by atoms with van der Waals surface area (Å²) in [6.45, 7) is 5.20. The van der Waals surface area contributed by atoms with Gasteiger partial charge in [-0.3, -0.25) is 19.6 Å². The predicted molar refractivity (Wildman–Crippen MR) is 140 cm³/mol. The predicted octanol–water partition coefficient (Wildman–Crippen LogP) is 4.48. The molecule has 0 aliphatic rings. The number of rotatable bonds is 10. The molecule has 0 radical (unpaired) electrons. The van der Waals surface area contributed by atoms with E-state index in [1.165, 1.54) is 16.8 Å². The van der Waals surface area contributed by atoms with E-state index in [0.717, 1.165) is 5.56 Å². The molecule has 2 N–H and O–H groups in total. The van der Waals surface area contributed by atoms with Crippen LogP contribution in [-0.4, -0.2) is 37.4 Å². The average molecular weight is 532 g/mol. The van der Waals surface area contributed by atoms with Crippen molar-refractivity contribution in [1.29, 1.82) is 0 Å². The zero-order chi connectivity index (χ0) is 28.1. The van der Waals surface area contributed by atoms with Gasteiger partial charge in [-0.2, -0.15) is 10.2 Å². The summed E-state index contributed by atoms with van der Waals surface area (Å²) >= 11 is 0. The van der Waals surface area contributed by atoms with Gasteiger partial charge in [0.2, 0.25) is 5.76 Å². The Labute approximate surface area is 222 Å². The first kappa shape index (κ1) is 26.8. The molecule has 0 saturated carbocycles. The molecule has 0 spiro atoms. The number of carboxylic acids is 1. The van der Waals surface area contributed by atoms with E-state index in [4.69, 9.17) is 14.3 Å². The highest BCUT2D eigenvalue weighted by molar-refractivity contribution is 6.01. The van der Waals surface area contributed by atoms with E-state index in [9.17, 15) is 19.7 Å². The molecule has 0 aliphatic carbocycles. The van der Waals surface area contributed by atoms with E-state index in [0.29, 0.717) is 39.7 Å². The van der Waals surface area contributed by atoms with Crippen molar-refractivity contribution in [1.82, 2.24) is 15.2 Å². The van der Waals surface area contributed by atoms with Crippen molar-refractivity contribution < 1.29 is 28.8 Å². The third-order valence-corrected chi connectivity index (χ3v) is 5.96. The highest BCUT2D eigenvalue weighted by atomic mass is 16.6. The number of benzene rings is 2. The van der Waals surface area contributed by atoms with Gasteiger partial charge in [0.25, 0.3) is 5.91 Å². The number of carbonyl (C=O) groups excluding carboxylic acids is 1. The van der Waals surface area contributed by atoms with Crippen molar-refractivity contribution in [2.24, 2.45) is 5.10 Å². The van der Waals surface area contributed by atoms with E-state index in [-0.39, 0.29) is 24.6 Å². The Balaban J connectivity index is 1.40. The second-order valence-electron chi connectivity index (χ2n) is 8.61. The first-order chi connectivity index (χ1) is 18.6. The number of aryl methyl sites for hydroxylation is 1. The summed E-state index contributed by atoms with van der Waals surface area (Å²) in [5.41, 5.74) is 5.55. The molecule has 0 bridgehead atoms. The van der Waals surface area contributed by atoms with E-state index < -0.39 is 16.8 Å². The lowest BCUT2D eigenvalue weighted by Gasteiger charge is -2.10. The van der Waals surface area contributed by atoms with Crippen LogP contribution < -0.4 is 10.2 Å². The lowest BCUT2D eigenvalue weighted by molar-refractivity contribution is -0.386. The summed E-state index contributed by atoms with van der Waals surface area (Å²) in [7, 11) is 0. The molecule has 2 aromatic heterocycles. The van der Waals surface area contributed by atoms with Gasteiger partial charge in [-0.15, -0.1) is 0 Å². The van der Waals surface area contributed by atoms with Crippen LogP contribution in [0.2, 0.25) is 0 Å². The maximum atomic E-state index is 13.0. The summed E-state index contributed by atoms with van der Waals surface area (Å²) in [4.78, 5) is 34.7. The number of ether oxygens (including phenoxy) is 1. The van der Waals surface area contributed by atoms with Crippen molar-refractivity contribution in [3.63, 3.8) is 0 Å². The number of hydrogen-bond acceptors (Lipinski definition) is 8. The van der Waals surface area contributed by atoms with Crippen LogP contribution in [0.1, 0.15) is 56.1 Å². The first-order valence-electron chi connectivity index (χ1n) is 11.8. The summed E-state index contributed by atoms with van der Waals surface area (Å²) in [5, 5.41) is 28.7. The SMILES string of the molecule is CC(=NNC(=O)c1ccccc1Cn1nc(C)c([N+](=O)[O-])c1C)c1ccc(OCc2ccc(C(=O)O)o2)cc1. The van der Waals surface area contributed by atoms with Crippen LogP contribution >= 0.6 is 0 Å². The third kappa shape index (κ3) is 6.18. The van der Waals surface area contributed by atoms with E-state index in [1.54, 1.807) is 69.3 Å². The molecule has 12 heteroatoms. The van der Waals surface area contributed by atoms with E-state index >= 15 is 0 Å². The Bertz CT molecular complexity index is 1570. The van der Waals surface area contributed by atoms with Crippen LogP contribution in [-0.2, 0) is 13.2 Å².